The summed E-state index contributed by atoms with van der Waals surface area (Å²) in [6.07, 6.45) is 2.23. The zero-order valence-corrected chi connectivity index (χ0v) is 23.8. The van der Waals surface area contributed by atoms with Crippen molar-refractivity contribution in [1.82, 2.24) is 20.0 Å². The fourth-order valence-corrected chi connectivity index (χ4v) is 3.78. The number of likely N-dealkylation sites (N-methyl/N-ethyl adjacent to an activating group) is 1. The van der Waals surface area contributed by atoms with Crippen molar-refractivity contribution in [2.75, 3.05) is 45.6 Å². The fraction of sp³-hybridized carbons (Fsp3) is 0.346. The second kappa shape index (κ2) is 13.4. The van der Waals surface area contributed by atoms with Crippen LogP contribution in [0, 0.1) is 13.8 Å². The molecule has 1 aromatic heterocycles. The van der Waals surface area contributed by atoms with Crippen LogP contribution in [-0.2, 0) is 11.3 Å². The number of carbonyl (C=O) groups is 1. The van der Waals surface area contributed by atoms with Gasteiger partial charge < -0.3 is 15.0 Å². The number of Topliss-reactive ketones (excluding diaryl/α,β-unsaturated/α-hetero) is 1. The van der Waals surface area contributed by atoms with E-state index < -0.39 is 0 Å². The molecular weight excluding hydrogens is 453 g/mol. The number of hydrogen-bond donors (Lipinski definition) is 2. The van der Waals surface area contributed by atoms with Crippen molar-refractivity contribution in [3.05, 3.63) is 72.1 Å². The summed E-state index contributed by atoms with van der Waals surface area (Å²) in [7, 11) is 3.90. The van der Waals surface area contributed by atoms with Crippen molar-refractivity contribution in [2.45, 2.75) is 19.9 Å². The number of piperazine rings is 1. The number of benzene rings is 2. The summed E-state index contributed by atoms with van der Waals surface area (Å²) in [5, 5.41) is 10.3. The van der Waals surface area contributed by atoms with Crippen molar-refractivity contribution in [3.8, 4) is 0 Å². The zero-order chi connectivity index (χ0) is 24.0. The molecule has 34 heavy (non-hydrogen) atoms. The quantitative estimate of drug-likeness (QED) is 0.300. The van der Waals surface area contributed by atoms with Gasteiger partial charge in [0.05, 0.1) is 6.29 Å². The van der Waals surface area contributed by atoms with Crippen molar-refractivity contribution >= 4 is 28.7 Å². The Labute approximate surface area is 245 Å². The van der Waals surface area contributed by atoms with Gasteiger partial charge >= 0.3 is 51.4 Å². The summed E-state index contributed by atoms with van der Waals surface area (Å²) >= 11 is 0. The minimum absolute atomic E-state index is 0. The summed E-state index contributed by atoms with van der Waals surface area (Å²) in [6, 6.07) is 9.75. The minimum atomic E-state index is -0.0506. The maximum atomic E-state index is 11.6. The molecular formula is C26H32KN5O2-2. The monoisotopic (exact) mass is 485 g/mol. The third-order valence-corrected chi connectivity index (χ3v) is 5.94. The third kappa shape index (κ3) is 7.18. The summed E-state index contributed by atoms with van der Waals surface area (Å²) in [5.41, 5.74) is 5.58. The summed E-state index contributed by atoms with van der Waals surface area (Å²) in [5.74, 6) is -0.0506. The molecule has 176 valence electrons. The Morgan fingerprint density at radius 1 is 1.15 bits per heavy atom. The van der Waals surface area contributed by atoms with Gasteiger partial charge in [-0.15, -0.1) is 23.3 Å². The molecule has 2 heterocycles. The Balaban J connectivity index is 0.000000234. The molecule has 8 heteroatoms. The number of H-pyrrole nitrogens is 1. The molecule has 0 spiro atoms. The predicted octanol–water partition coefficient (Wildman–Crippen LogP) is 0.457. The molecule has 0 radical (unpaired) electrons. The van der Waals surface area contributed by atoms with Crippen LogP contribution in [0.1, 0.15) is 46.1 Å². The Kier molecular flexibility index (Phi) is 11.3. The first kappa shape index (κ1) is 28.6. The Morgan fingerprint density at radius 2 is 1.85 bits per heavy atom. The van der Waals surface area contributed by atoms with Gasteiger partial charge in [0.1, 0.15) is 5.69 Å². The van der Waals surface area contributed by atoms with E-state index in [1.165, 1.54) is 18.7 Å². The van der Waals surface area contributed by atoms with Gasteiger partial charge in [0.2, 0.25) is 0 Å². The number of hydrogen-bond acceptors (Lipinski definition) is 6. The molecule has 0 bridgehead atoms. The van der Waals surface area contributed by atoms with E-state index in [1.807, 2.05) is 6.29 Å². The van der Waals surface area contributed by atoms with E-state index in [0.717, 1.165) is 36.3 Å². The molecule has 1 saturated heterocycles. The molecule has 0 unspecified atom stereocenters. The number of nitrogens with zero attached hydrogens (tertiary/aromatic N) is 3. The first-order valence-electron chi connectivity index (χ1n) is 11.1. The normalized spacial score (nSPS) is 14.1. The molecule has 2 aromatic carbocycles. The SMILES string of the molecule is CCC(=O)c1n[nH]c2cc(NC)c([C-]=O)cc12.[CH2-]c1ccc(CN2CCN(C)CC2)cc1[CH2-].[K+]. The van der Waals surface area contributed by atoms with Crippen LogP contribution in [0.25, 0.3) is 10.9 Å². The number of carbonyl (C=O) groups excluding carboxylic acids is 2. The van der Waals surface area contributed by atoms with Crippen LogP contribution in [0.5, 0.6) is 0 Å². The molecule has 1 aliphatic heterocycles. The van der Waals surface area contributed by atoms with E-state index in [0.29, 0.717) is 28.8 Å². The van der Waals surface area contributed by atoms with Crippen LogP contribution in [0.3, 0.4) is 0 Å². The van der Waals surface area contributed by atoms with Gasteiger partial charge in [-0.05, 0) is 19.5 Å². The molecule has 0 saturated carbocycles. The third-order valence-electron chi connectivity index (χ3n) is 5.94. The van der Waals surface area contributed by atoms with Crippen molar-refractivity contribution in [2.24, 2.45) is 0 Å². The maximum absolute atomic E-state index is 11.6. The molecule has 1 fully saturated rings. The fourth-order valence-electron chi connectivity index (χ4n) is 3.78. The molecule has 0 aliphatic carbocycles. The van der Waals surface area contributed by atoms with Crippen LogP contribution in [0.4, 0.5) is 5.69 Å². The van der Waals surface area contributed by atoms with E-state index in [1.54, 1.807) is 26.1 Å². The van der Waals surface area contributed by atoms with Gasteiger partial charge in [-0.2, -0.15) is 5.10 Å². The van der Waals surface area contributed by atoms with E-state index >= 15 is 0 Å². The largest absolute Gasteiger partial charge is 1.00 e. The molecule has 4 rings (SSSR count). The van der Waals surface area contributed by atoms with E-state index in [4.69, 9.17) is 0 Å². The average Bonchev–Trinajstić information content (AvgIpc) is 3.24. The van der Waals surface area contributed by atoms with Gasteiger partial charge in [-0.1, -0.05) is 18.7 Å². The number of aromatic nitrogens is 2. The van der Waals surface area contributed by atoms with Crippen molar-refractivity contribution < 1.29 is 61.0 Å². The van der Waals surface area contributed by atoms with E-state index in [9.17, 15) is 9.59 Å². The topological polar surface area (TPSA) is 81.3 Å². The molecule has 0 amide bonds. The molecule has 1 aliphatic rings. The Bertz CT molecular complexity index is 1120. The second-order valence-electron chi connectivity index (χ2n) is 8.33. The predicted molar refractivity (Wildman–Crippen MR) is 133 cm³/mol. The number of aromatic amines is 1. The smallest absolute Gasteiger partial charge is 0.438 e. The summed E-state index contributed by atoms with van der Waals surface area (Å²) in [6.45, 7) is 15.4. The van der Waals surface area contributed by atoms with Gasteiger partial charge in [0.25, 0.3) is 0 Å². The van der Waals surface area contributed by atoms with Crippen LogP contribution in [-0.4, -0.2) is 72.3 Å². The number of fused-ring (bicyclic) bond motifs is 1. The maximum Gasteiger partial charge on any atom is 1.00 e. The summed E-state index contributed by atoms with van der Waals surface area (Å²) in [4.78, 5) is 27.3. The number of nitrogens with one attached hydrogen (secondary N) is 2. The minimum Gasteiger partial charge on any atom is -0.438 e. The first-order valence-corrected chi connectivity index (χ1v) is 11.1. The van der Waals surface area contributed by atoms with Crippen LogP contribution in [0.15, 0.2) is 30.3 Å². The number of anilines is 1. The van der Waals surface area contributed by atoms with Gasteiger partial charge in [-0.3, -0.25) is 39.8 Å². The van der Waals surface area contributed by atoms with Crippen LogP contribution < -0.4 is 56.7 Å². The second-order valence-corrected chi connectivity index (χ2v) is 8.33. The van der Waals surface area contributed by atoms with Gasteiger partial charge in [0, 0.05) is 44.7 Å². The van der Waals surface area contributed by atoms with E-state index in [2.05, 4.69) is 64.4 Å². The van der Waals surface area contributed by atoms with Crippen LogP contribution >= 0.6 is 0 Å². The number of ketones is 1. The molecule has 0 atom stereocenters. The first-order chi connectivity index (χ1) is 15.9. The Hall–Kier alpha value is -1.65. The molecule has 7 nitrogen and oxygen atoms in total. The van der Waals surface area contributed by atoms with Gasteiger partial charge in [0.15, 0.2) is 5.78 Å². The van der Waals surface area contributed by atoms with Crippen molar-refractivity contribution in [1.29, 1.82) is 0 Å². The number of rotatable bonds is 6. The van der Waals surface area contributed by atoms with Crippen molar-refractivity contribution in [3.63, 3.8) is 0 Å². The van der Waals surface area contributed by atoms with Crippen LogP contribution in [0.2, 0.25) is 0 Å². The van der Waals surface area contributed by atoms with Gasteiger partial charge in [-0.25, -0.2) is 12.1 Å². The molecule has 3 aromatic rings. The summed E-state index contributed by atoms with van der Waals surface area (Å²) < 4.78 is 0. The molecule has 2 N–H and O–H groups in total. The standard InChI is InChI=1S/C14H20N2.C12H12N3O2.K/c1-12-4-5-14(10-13(12)2)11-16-8-6-15(3)7-9-16;1-3-11(17)12-8-4-7(6-16)9(13-2)5-10(8)14-15-12;/h4-5,10H,1-2,6-9,11H2,3H3;4-5,13H,3H2,1-2H3,(H,14,15);/q-2;-1;+1. The zero-order valence-electron chi connectivity index (χ0n) is 20.7. The Morgan fingerprint density at radius 3 is 2.44 bits per heavy atom. The van der Waals surface area contributed by atoms with E-state index in [-0.39, 0.29) is 57.2 Å². The average molecular weight is 486 g/mol.